The van der Waals surface area contributed by atoms with Crippen molar-refractivity contribution >= 4 is 17.3 Å². The molecule has 0 unspecified atom stereocenters. The van der Waals surface area contributed by atoms with Gasteiger partial charge in [0.25, 0.3) is 5.69 Å². The van der Waals surface area contributed by atoms with Gasteiger partial charge in [-0.05, 0) is 19.1 Å². The van der Waals surface area contributed by atoms with E-state index >= 15 is 0 Å². The third kappa shape index (κ3) is 2.97. The fourth-order valence-corrected chi connectivity index (χ4v) is 1.38. The van der Waals surface area contributed by atoms with Gasteiger partial charge < -0.3 is 4.74 Å². The highest BCUT2D eigenvalue weighted by Crippen LogP contribution is 2.30. The Morgan fingerprint density at radius 1 is 1.62 bits per heavy atom. The molecule has 0 aliphatic heterocycles. The zero-order valence-corrected chi connectivity index (χ0v) is 9.82. The molecule has 0 saturated carbocycles. The summed E-state index contributed by atoms with van der Waals surface area (Å²) >= 11 is 5.87. The van der Waals surface area contributed by atoms with Gasteiger partial charge >= 0.3 is 0 Å². The van der Waals surface area contributed by atoms with Crippen molar-refractivity contribution in [3.8, 4) is 5.75 Å². The molecule has 0 aliphatic rings. The smallest absolute Gasteiger partial charge is 0.271 e. The topological polar surface area (TPSA) is 52.4 Å². The largest absolute Gasteiger partial charge is 0.461 e. The van der Waals surface area contributed by atoms with Crippen molar-refractivity contribution in [1.29, 1.82) is 0 Å². The van der Waals surface area contributed by atoms with Crippen molar-refractivity contribution in [3.05, 3.63) is 45.2 Å². The monoisotopic (exact) mass is 241 g/mol. The Kier molecular flexibility index (Phi) is 4.31. The Balaban J connectivity index is 2.95. The van der Waals surface area contributed by atoms with Crippen LogP contribution in [-0.4, -0.2) is 4.92 Å². The van der Waals surface area contributed by atoms with E-state index in [1.165, 1.54) is 18.2 Å². The number of halogens is 1. The van der Waals surface area contributed by atoms with Crippen molar-refractivity contribution in [3.63, 3.8) is 0 Å². The Morgan fingerprint density at radius 3 is 2.75 bits per heavy atom. The van der Waals surface area contributed by atoms with Crippen molar-refractivity contribution < 1.29 is 9.66 Å². The average Bonchev–Trinajstić information content (AvgIpc) is 2.27. The molecule has 0 heterocycles. The molecule has 0 bridgehead atoms. The van der Waals surface area contributed by atoms with Crippen LogP contribution < -0.4 is 4.74 Å². The zero-order chi connectivity index (χ0) is 12.1. The van der Waals surface area contributed by atoms with E-state index in [1.54, 1.807) is 0 Å². The molecular weight excluding hydrogens is 230 g/mol. The first-order chi connectivity index (χ1) is 7.58. The van der Waals surface area contributed by atoms with Gasteiger partial charge in [0.2, 0.25) is 0 Å². The van der Waals surface area contributed by atoms with Crippen molar-refractivity contribution in [2.75, 3.05) is 0 Å². The fraction of sp³-hybridized carbons (Fsp3) is 0.273. The Bertz CT molecular complexity index is 429. The molecule has 1 aromatic rings. The molecular formula is C11H12ClNO3. The third-order valence-electron chi connectivity index (χ3n) is 2.04. The molecule has 4 nitrogen and oxygen atoms in total. The number of rotatable bonds is 4. The average molecular weight is 242 g/mol. The quantitative estimate of drug-likeness (QED) is 0.456. The van der Waals surface area contributed by atoms with E-state index in [0.717, 1.165) is 12.2 Å². The summed E-state index contributed by atoms with van der Waals surface area (Å²) in [5, 5.41) is 10.7. The van der Waals surface area contributed by atoms with Gasteiger partial charge in [-0.15, -0.1) is 0 Å². The highest BCUT2D eigenvalue weighted by molar-refractivity contribution is 6.32. The summed E-state index contributed by atoms with van der Waals surface area (Å²) < 4.78 is 5.48. The summed E-state index contributed by atoms with van der Waals surface area (Å²) in [6, 6.07) is 4.14. The molecule has 0 atom stereocenters. The molecule has 0 spiro atoms. The predicted molar refractivity (Wildman–Crippen MR) is 62.8 cm³/mol. The Morgan fingerprint density at radius 2 is 2.31 bits per heavy atom. The second kappa shape index (κ2) is 5.51. The van der Waals surface area contributed by atoms with Crippen molar-refractivity contribution in [2.24, 2.45) is 0 Å². The Labute approximate surface area is 98.6 Å². The van der Waals surface area contributed by atoms with Gasteiger partial charge in [0, 0.05) is 18.6 Å². The van der Waals surface area contributed by atoms with Crippen LogP contribution in [0.25, 0.3) is 0 Å². The van der Waals surface area contributed by atoms with Crippen LogP contribution in [0.15, 0.2) is 30.0 Å². The molecule has 0 radical (unpaired) electrons. The number of ether oxygens (including phenoxy) is 1. The molecule has 0 fully saturated rings. The Hall–Kier alpha value is -1.55. The van der Waals surface area contributed by atoms with Gasteiger partial charge in [-0.25, -0.2) is 0 Å². The molecule has 16 heavy (non-hydrogen) atoms. The van der Waals surface area contributed by atoms with E-state index < -0.39 is 4.92 Å². The van der Waals surface area contributed by atoms with E-state index in [2.05, 4.69) is 0 Å². The number of nitro groups is 1. The van der Waals surface area contributed by atoms with Crippen LogP contribution in [0.2, 0.25) is 5.02 Å². The first-order valence-electron chi connectivity index (χ1n) is 4.85. The number of allylic oxidation sites excluding steroid dienone is 2. The third-order valence-corrected chi connectivity index (χ3v) is 2.33. The number of hydrogen-bond donors (Lipinski definition) is 0. The first kappa shape index (κ1) is 12.5. The van der Waals surface area contributed by atoms with Crippen LogP contribution >= 0.6 is 11.6 Å². The summed E-state index contributed by atoms with van der Waals surface area (Å²) in [7, 11) is 0. The lowest BCUT2D eigenvalue weighted by molar-refractivity contribution is -0.384. The molecule has 1 aromatic carbocycles. The van der Waals surface area contributed by atoms with Gasteiger partial charge in [-0.3, -0.25) is 10.1 Å². The maximum absolute atomic E-state index is 10.5. The van der Waals surface area contributed by atoms with E-state index in [0.29, 0.717) is 5.75 Å². The molecule has 0 aromatic heterocycles. The fourth-order valence-electron chi connectivity index (χ4n) is 1.16. The number of benzene rings is 1. The van der Waals surface area contributed by atoms with E-state index in [9.17, 15) is 10.1 Å². The molecule has 0 aliphatic carbocycles. The second-order valence-electron chi connectivity index (χ2n) is 3.08. The molecule has 0 amide bonds. The lowest BCUT2D eigenvalue weighted by Crippen LogP contribution is -1.95. The number of nitrogens with zero attached hydrogens (tertiary/aromatic N) is 1. The number of nitro benzene ring substituents is 1. The highest BCUT2D eigenvalue weighted by atomic mass is 35.5. The minimum Gasteiger partial charge on any atom is -0.461 e. The molecule has 0 N–H and O–H groups in total. The molecule has 1 rings (SSSR count). The van der Waals surface area contributed by atoms with E-state index in [1.807, 2.05) is 19.9 Å². The summed E-state index contributed by atoms with van der Waals surface area (Å²) in [6.07, 6.45) is 2.57. The minimum atomic E-state index is -0.494. The second-order valence-corrected chi connectivity index (χ2v) is 3.49. The summed E-state index contributed by atoms with van der Waals surface area (Å²) in [6.45, 7) is 3.81. The van der Waals surface area contributed by atoms with Gasteiger partial charge in [0.1, 0.15) is 5.75 Å². The van der Waals surface area contributed by atoms with E-state index in [-0.39, 0.29) is 10.7 Å². The summed E-state index contributed by atoms with van der Waals surface area (Å²) in [5.41, 5.74) is -0.0455. The summed E-state index contributed by atoms with van der Waals surface area (Å²) in [4.78, 5) is 10.00. The van der Waals surface area contributed by atoms with Gasteiger partial charge in [0.15, 0.2) is 0 Å². The standard InChI is InChI=1S/C11H12ClNO3/c1-3-9(4-2)16-11-6-5-8(13(14)15)7-10(11)12/h3,5-7H,4H2,1-2H3. The molecule has 0 saturated heterocycles. The normalized spacial score (nSPS) is 11.3. The molecule has 86 valence electrons. The maximum Gasteiger partial charge on any atom is 0.271 e. The number of non-ortho nitro benzene ring substituents is 1. The van der Waals surface area contributed by atoms with Gasteiger partial charge in [-0.2, -0.15) is 0 Å². The SMILES string of the molecule is CC=C(CC)Oc1ccc([N+](=O)[O-])cc1Cl. The van der Waals surface area contributed by atoms with Crippen LogP contribution in [-0.2, 0) is 0 Å². The van der Waals surface area contributed by atoms with Crippen LogP contribution in [0.3, 0.4) is 0 Å². The van der Waals surface area contributed by atoms with Crippen LogP contribution in [0.1, 0.15) is 20.3 Å². The van der Waals surface area contributed by atoms with Crippen LogP contribution in [0.5, 0.6) is 5.75 Å². The van der Waals surface area contributed by atoms with Gasteiger partial charge in [0.05, 0.1) is 15.7 Å². The van der Waals surface area contributed by atoms with E-state index in [4.69, 9.17) is 16.3 Å². The highest BCUT2D eigenvalue weighted by Gasteiger charge is 2.10. The van der Waals surface area contributed by atoms with Crippen molar-refractivity contribution in [1.82, 2.24) is 0 Å². The maximum atomic E-state index is 10.5. The van der Waals surface area contributed by atoms with Crippen molar-refractivity contribution in [2.45, 2.75) is 20.3 Å². The summed E-state index contributed by atoms with van der Waals surface area (Å²) in [5.74, 6) is 1.21. The number of hydrogen-bond acceptors (Lipinski definition) is 3. The van der Waals surface area contributed by atoms with Gasteiger partial charge in [-0.1, -0.05) is 18.5 Å². The van der Waals surface area contributed by atoms with Crippen LogP contribution in [0.4, 0.5) is 5.69 Å². The lowest BCUT2D eigenvalue weighted by atomic mass is 10.3. The van der Waals surface area contributed by atoms with Crippen LogP contribution in [0, 0.1) is 10.1 Å². The first-order valence-corrected chi connectivity index (χ1v) is 5.23. The minimum absolute atomic E-state index is 0.0455. The molecule has 5 heteroatoms. The lowest BCUT2D eigenvalue weighted by Gasteiger charge is -2.08. The zero-order valence-electron chi connectivity index (χ0n) is 9.07. The predicted octanol–water partition coefficient (Wildman–Crippen LogP) is 3.94.